The number of rotatable bonds is 7. The molecule has 0 spiro atoms. The minimum Gasteiger partial charge on any atom is -0.493 e. The van der Waals surface area contributed by atoms with Crippen molar-refractivity contribution in [2.24, 2.45) is 5.92 Å². The van der Waals surface area contributed by atoms with Gasteiger partial charge in [0.1, 0.15) is 23.4 Å². The van der Waals surface area contributed by atoms with Crippen molar-refractivity contribution in [3.05, 3.63) is 29.8 Å². The van der Waals surface area contributed by atoms with Gasteiger partial charge in [0.15, 0.2) is 0 Å². The lowest BCUT2D eigenvalue weighted by Gasteiger charge is -2.45. The van der Waals surface area contributed by atoms with Crippen LogP contribution in [-0.4, -0.2) is 90.4 Å². The molecule has 0 aromatic heterocycles. The summed E-state index contributed by atoms with van der Waals surface area (Å²) in [5, 5.41) is 6.20. The summed E-state index contributed by atoms with van der Waals surface area (Å²) in [4.78, 5) is 45.6. The molecule has 5 rings (SSSR count). The van der Waals surface area contributed by atoms with Gasteiger partial charge in [-0.3, -0.25) is 14.5 Å². The van der Waals surface area contributed by atoms with Gasteiger partial charge in [-0.1, -0.05) is 37.5 Å². The lowest BCUT2D eigenvalue weighted by Crippen LogP contribution is -2.66. The van der Waals surface area contributed by atoms with Crippen LogP contribution in [0.15, 0.2) is 24.3 Å². The molecule has 3 fully saturated rings. The molecule has 0 unspecified atom stereocenters. The molecule has 1 saturated carbocycles. The number of hydrogen-bond acceptors (Lipinski definition) is 7. The Balaban J connectivity index is 1.40. The summed E-state index contributed by atoms with van der Waals surface area (Å²) >= 11 is 0. The monoisotopic (exact) mass is 584 g/mol. The number of para-hydroxylation sites is 1. The Morgan fingerprint density at radius 3 is 2.55 bits per heavy atom. The fraction of sp³-hybridized carbons (Fsp3) is 0.719. The zero-order valence-corrected chi connectivity index (χ0v) is 25.6. The Bertz CT molecular complexity index is 1120. The van der Waals surface area contributed by atoms with E-state index in [1.54, 1.807) is 4.90 Å². The normalized spacial score (nSPS) is 27.3. The Labute approximate surface area is 249 Å². The van der Waals surface area contributed by atoms with Crippen molar-refractivity contribution in [1.29, 1.82) is 0 Å². The summed E-state index contributed by atoms with van der Waals surface area (Å²) in [5.41, 5.74) is 0.268. The van der Waals surface area contributed by atoms with Crippen molar-refractivity contribution < 1.29 is 28.6 Å². The second-order valence-electron chi connectivity index (χ2n) is 13.2. The van der Waals surface area contributed by atoms with Gasteiger partial charge < -0.3 is 29.7 Å². The van der Waals surface area contributed by atoms with Gasteiger partial charge in [-0.15, -0.1) is 0 Å². The molecule has 2 N–H and O–H groups in total. The van der Waals surface area contributed by atoms with E-state index in [2.05, 4.69) is 15.5 Å². The second-order valence-corrected chi connectivity index (χ2v) is 13.2. The van der Waals surface area contributed by atoms with Crippen LogP contribution in [0.3, 0.4) is 0 Å². The molecule has 1 aromatic carbocycles. The van der Waals surface area contributed by atoms with Gasteiger partial charge in [0.25, 0.3) is 0 Å². The highest BCUT2D eigenvalue weighted by Crippen LogP contribution is 2.34. The van der Waals surface area contributed by atoms with E-state index >= 15 is 0 Å². The number of carbonyl (C=O) groups is 3. The molecule has 1 aliphatic carbocycles. The SMILES string of the molecule is CCO[C@@H]1C[C@@H]2CN(C(=O)[C@@H](NC(=O)OC(C)(C)C)C3CCCCC3)[C@H](C(=O)N[C@@H]3CCOc4ccccc43)CN2C1. The highest BCUT2D eigenvalue weighted by atomic mass is 16.6. The molecule has 1 aromatic rings. The van der Waals surface area contributed by atoms with Crippen LogP contribution in [-0.2, 0) is 19.1 Å². The van der Waals surface area contributed by atoms with Crippen LogP contribution in [0.5, 0.6) is 5.75 Å². The van der Waals surface area contributed by atoms with Crippen LogP contribution < -0.4 is 15.4 Å². The van der Waals surface area contributed by atoms with E-state index < -0.39 is 23.8 Å². The largest absolute Gasteiger partial charge is 0.493 e. The van der Waals surface area contributed by atoms with E-state index in [9.17, 15) is 14.4 Å². The van der Waals surface area contributed by atoms with Gasteiger partial charge >= 0.3 is 6.09 Å². The number of hydrogen-bond donors (Lipinski definition) is 2. The van der Waals surface area contributed by atoms with E-state index in [0.29, 0.717) is 32.7 Å². The summed E-state index contributed by atoms with van der Waals surface area (Å²) in [6.07, 6.45) is 5.84. The van der Waals surface area contributed by atoms with Crippen molar-refractivity contribution in [1.82, 2.24) is 20.4 Å². The van der Waals surface area contributed by atoms with Crippen LogP contribution in [0.1, 0.15) is 84.2 Å². The van der Waals surface area contributed by atoms with Crippen LogP contribution in [0.25, 0.3) is 0 Å². The van der Waals surface area contributed by atoms with Crippen LogP contribution in [0.2, 0.25) is 0 Å². The number of piperazine rings is 1. The smallest absolute Gasteiger partial charge is 0.408 e. The van der Waals surface area contributed by atoms with Crippen molar-refractivity contribution in [2.45, 2.75) is 109 Å². The molecule has 3 aliphatic heterocycles. The molecule has 232 valence electrons. The Morgan fingerprint density at radius 2 is 1.81 bits per heavy atom. The third-order valence-electron chi connectivity index (χ3n) is 9.00. The number of alkyl carbamates (subject to hydrolysis) is 1. The van der Waals surface area contributed by atoms with Gasteiger partial charge in [-0.25, -0.2) is 4.79 Å². The maximum absolute atomic E-state index is 14.5. The quantitative estimate of drug-likeness (QED) is 0.502. The molecule has 10 nitrogen and oxygen atoms in total. The zero-order valence-electron chi connectivity index (χ0n) is 25.6. The summed E-state index contributed by atoms with van der Waals surface area (Å²) in [6.45, 7) is 10.2. The first kappa shape index (κ1) is 30.6. The number of amides is 3. The first-order valence-electron chi connectivity index (χ1n) is 15.8. The number of nitrogens with one attached hydrogen (secondary N) is 2. The molecular formula is C32H48N4O6. The Hall–Kier alpha value is -2.85. The van der Waals surface area contributed by atoms with Crippen molar-refractivity contribution in [3.8, 4) is 5.75 Å². The van der Waals surface area contributed by atoms with Gasteiger partial charge in [-0.2, -0.15) is 0 Å². The molecule has 10 heteroatoms. The Morgan fingerprint density at radius 1 is 1.05 bits per heavy atom. The highest BCUT2D eigenvalue weighted by Gasteiger charge is 2.47. The number of nitrogens with zero attached hydrogens (tertiary/aromatic N) is 2. The van der Waals surface area contributed by atoms with Crippen LogP contribution in [0.4, 0.5) is 4.79 Å². The van der Waals surface area contributed by atoms with Crippen LogP contribution >= 0.6 is 0 Å². The maximum atomic E-state index is 14.5. The summed E-state index contributed by atoms with van der Waals surface area (Å²) in [5.74, 6) is 0.411. The van der Waals surface area contributed by atoms with E-state index in [1.807, 2.05) is 52.0 Å². The Kier molecular flexibility index (Phi) is 9.62. The third kappa shape index (κ3) is 7.19. The van der Waals surface area contributed by atoms with Gasteiger partial charge in [0.2, 0.25) is 11.8 Å². The first-order valence-corrected chi connectivity index (χ1v) is 15.8. The molecule has 4 aliphatic rings. The number of fused-ring (bicyclic) bond motifs is 2. The molecule has 3 heterocycles. The second kappa shape index (κ2) is 13.2. The maximum Gasteiger partial charge on any atom is 0.408 e. The molecule has 0 bridgehead atoms. The third-order valence-corrected chi connectivity index (χ3v) is 9.00. The molecule has 0 radical (unpaired) electrons. The van der Waals surface area contributed by atoms with E-state index in [-0.39, 0.29) is 35.9 Å². The highest BCUT2D eigenvalue weighted by molar-refractivity contribution is 5.92. The summed E-state index contributed by atoms with van der Waals surface area (Å²) in [7, 11) is 0. The van der Waals surface area contributed by atoms with Gasteiger partial charge in [0.05, 0.1) is 18.8 Å². The number of benzene rings is 1. The molecule has 5 atom stereocenters. The van der Waals surface area contributed by atoms with Crippen molar-refractivity contribution in [2.75, 3.05) is 32.8 Å². The summed E-state index contributed by atoms with van der Waals surface area (Å²) in [6, 6.07) is 6.26. The molecule has 3 amide bonds. The fourth-order valence-corrected chi connectivity index (χ4v) is 7.07. The number of carbonyl (C=O) groups excluding carboxylic acids is 3. The molecule has 42 heavy (non-hydrogen) atoms. The molecular weight excluding hydrogens is 536 g/mol. The van der Waals surface area contributed by atoms with Gasteiger partial charge in [0, 0.05) is 44.3 Å². The van der Waals surface area contributed by atoms with Crippen molar-refractivity contribution >= 4 is 17.9 Å². The number of ether oxygens (including phenoxy) is 3. The predicted octanol–water partition coefficient (Wildman–Crippen LogP) is 3.79. The lowest BCUT2D eigenvalue weighted by molar-refractivity contribution is -0.148. The average molecular weight is 585 g/mol. The van der Waals surface area contributed by atoms with Crippen molar-refractivity contribution in [3.63, 3.8) is 0 Å². The average Bonchev–Trinajstić information content (AvgIpc) is 3.36. The van der Waals surface area contributed by atoms with E-state index in [1.165, 1.54) is 0 Å². The van der Waals surface area contributed by atoms with E-state index in [4.69, 9.17) is 14.2 Å². The first-order chi connectivity index (χ1) is 20.1. The van der Waals surface area contributed by atoms with E-state index in [0.717, 1.165) is 56.4 Å². The predicted molar refractivity (Wildman–Crippen MR) is 158 cm³/mol. The minimum absolute atomic E-state index is 0.00244. The minimum atomic E-state index is -0.741. The lowest BCUT2D eigenvalue weighted by atomic mass is 9.83. The fourth-order valence-electron chi connectivity index (χ4n) is 7.07. The zero-order chi connectivity index (χ0) is 29.9. The van der Waals surface area contributed by atoms with Gasteiger partial charge in [-0.05, 0) is 58.9 Å². The van der Waals surface area contributed by atoms with Crippen LogP contribution in [0, 0.1) is 5.92 Å². The standard InChI is InChI=1S/C32H48N4O6/c1-5-40-23-17-22-18-36(30(38)28(21-11-7-6-8-12-21)34-31(39)42-32(2,3)4)26(20-35(22)19-23)29(37)33-25-15-16-41-27-14-10-9-13-24(25)27/h9-10,13-14,21-23,25-26,28H,5-8,11-12,15-20H2,1-4H3,(H,33,37)(H,34,39)/t22-,23-,25-,26+,28+/m1/s1. The molecule has 2 saturated heterocycles. The topological polar surface area (TPSA) is 109 Å². The summed E-state index contributed by atoms with van der Waals surface area (Å²) < 4.78 is 17.3.